The van der Waals surface area contributed by atoms with E-state index >= 15 is 0 Å². The quantitative estimate of drug-likeness (QED) is 0.703. The molecule has 2 aromatic rings. The molecule has 13 heavy (non-hydrogen) atoms. The van der Waals surface area contributed by atoms with Gasteiger partial charge in [-0.15, -0.1) is 5.10 Å². The summed E-state index contributed by atoms with van der Waals surface area (Å²) in [6.45, 7) is 0.396. The Morgan fingerprint density at radius 3 is 2.92 bits per heavy atom. The molecule has 0 aliphatic rings. The molecule has 0 saturated carbocycles. The van der Waals surface area contributed by atoms with Crippen LogP contribution in [0, 0.1) is 0 Å². The molecule has 2 heterocycles. The molecule has 5 heteroatoms. The van der Waals surface area contributed by atoms with E-state index in [1.807, 2.05) is 18.2 Å². The van der Waals surface area contributed by atoms with E-state index in [4.69, 9.17) is 5.73 Å². The summed E-state index contributed by atoms with van der Waals surface area (Å²) in [5.74, 6) is 0.745. The minimum atomic E-state index is 0.396. The molecule has 2 rings (SSSR count). The first-order valence-corrected chi connectivity index (χ1v) is 3.93. The van der Waals surface area contributed by atoms with Gasteiger partial charge in [0.2, 0.25) is 0 Å². The van der Waals surface area contributed by atoms with E-state index in [9.17, 15) is 0 Å². The monoisotopic (exact) mass is 175 g/mol. The molecule has 0 aliphatic carbocycles. The molecule has 0 spiro atoms. The maximum Gasteiger partial charge on any atom is 0.155 e. The number of nitrogens with zero attached hydrogens (tertiary/aromatic N) is 4. The largest absolute Gasteiger partial charge is 0.325 e. The van der Waals surface area contributed by atoms with Crippen LogP contribution in [0.1, 0.15) is 5.69 Å². The van der Waals surface area contributed by atoms with Crippen molar-refractivity contribution in [2.45, 2.75) is 6.54 Å². The van der Waals surface area contributed by atoms with Gasteiger partial charge in [0.15, 0.2) is 5.82 Å². The molecule has 0 bridgehead atoms. The molecule has 0 atom stereocenters. The van der Waals surface area contributed by atoms with Crippen molar-refractivity contribution in [3.8, 4) is 5.82 Å². The van der Waals surface area contributed by atoms with E-state index in [1.54, 1.807) is 17.1 Å². The van der Waals surface area contributed by atoms with Crippen LogP contribution in [0.3, 0.4) is 0 Å². The van der Waals surface area contributed by atoms with Gasteiger partial charge in [-0.2, -0.15) is 0 Å². The first-order chi connectivity index (χ1) is 6.40. The number of nitrogens with two attached hydrogens (primary N) is 1. The molecular formula is C8H9N5. The predicted octanol–water partition coefficient (Wildman–Crippen LogP) is 0.121. The third-order valence-corrected chi connectivity index (χ3v) is 1.63. The van der Waals surface area contributed by atoms with Crippen LogP contribution in [0.2, 0.25) is 0 Å². The SMILES string of the molecule is NCc1cn(-c2ccccn2)nn1. The molecule has 0 unspecified atom stereocenters. The lowest BCUT2D eigenvalue weighted by molar-refractivity contribution is 0.777. The molecule has 0 aliphatic heterocycles. The van der Waals surface area contributed by atoms with E-state index in [1.165, 1.54) is 0 Å². The lowest BCUT2D eigenvalue weighted by atomic mass is 10.4. The molecule has 2 aromatic heterocycles. The van der Waals surface area contributed by atoms with Crippen molar-refractivity contribution in [2.75, 3.05) is 0 Å². The predicted molar refractivity (Wildman–Crippen MR) is 47.0 cm³/mol. The Kier molecular flexibility index (Phi) is 2.01. The zero-order valence-electron chi connectivity index (χ0n) is 6.96. The van der Waals surface area contributed by atoms with Crippen LogP contribution in [0.4, 0.5) is 0 Å². The number of pyridine rings is 1. The molecule has 0 aromatic carbocycles. The average molecular weight is 175 g/mol. The van der Waals surface area contributed by atoms with Gasteiger partial charge in [-0.05, 0) is 12.1 Å². The fourth-order valence-electron chi connectivity index (χ4n) is 0.993. The van der Waals surface area contributed by atoms with Gasteiger partial charge < -0.3 is 5.73 Å². The van der Waals surface area contributed by atoms with Crippen molar-refractivity contribution in [3.63, 3.8) is 0 Å². The molecule has 66 valence electrons. The Hall–Kier alpha value is -1.75. The topological polar surface area (TPSA) is 69.6 Å². The van der Waals surface area contributed by atoms with Crippen LogP contribution in [0.15, 0.2) is 30.6 Å². The third kappa shape index (κ3) is 1.54. The number of hydrogen-bond acceptors (Lipinski definition) is 4. The summed E-state index contributed by atoms with van der Waals surface area (Å²) in [6, 6.07) is 5.60. The van der Waals surface area contributed by atoms with Gasteiger partial charge in [-0.25, -0.2) is 9.67 Å². The van der Waals surface area contributed by atoms with Gasteiger partial charge in [-0.3, -0.25) is 0 Å². The minimum Gasteiger partial charge on any atom is -0.325 e. The highest BCUT2D eigenvalue weighted by molar-refractivity contribution is 5.19. The fraction of sp³-hybridized carbons (Fsp3) is 0.125. The Balaban J connectivity index is 2.36. The highest BCUT2D eigenvalue weighted by Crippen LogP contribution is 2.00. The van der Waals surface area contributed by atoms with Crippen LogP contribution < -0.4 is 5.73 Å². The second-order valence-electron chi connectivity index (χ2n) is 2.55. The molecule has 0 saturated heterocycles. The smallest absolute Gasteiger partial charge is 0.155 e. The van der Waals surface area contributed by atoms with Crippen molar-refractivity contribution < 1.29 is 0 Å². The maximum absolute atomic E-state index is 5.40. The molecule has 0 fully saturated rings. The summed E-state index contributed by atoms with van der Waals surface area (Å²) in [7, 11) is 0. The van der Waals surface area contributed by atoms with Gasteiger partial charge in [0.1, 0.15) is 0 Å². The summed E-state index contributed by atoms with van der Waals surface area (Å²) in [5.41, 5.74) is 6.16. The van der Waals surface area contributed by atoms with Crippen LogP contribution in [-0.4, -0.2) is 20.0 Å². The third-order valence-electron chi connectivity index (χ3n) is 1.63. The maximum atomic E-state index is 5.40. The standard InChI is InChI=1S/C8H9N5/c9-5-7-6-13(12-11-7)8-3-1-2-4-10-8/h1-4,6H,5,9H2. The molecule has 0 radical (unpaired) electrons. The normalized spacial score (nSPS) is 10.2. The fourth-order valence-corrected chi connectivity index (χ4v) is 0.993. The second kappa shape index (κ2) is 3.32. The Labute approximate surface area is 75.2 Å². The van der Waals surface area contributed by atoms with Gasteiger partial charge in [-0.1, -0.05) is 11.3 Å². The van der Waals surface area contributed by atoms with Crippen molar-refractivity contribution in [3.05, 3.63) is 36.3 Å². The van der Waals surface area contributed by atoms with Gasteiger partial charge in [0.05, 0.1) is 11.9 Å². The first kappa shape index (κ1) is 7.88. The van der Waals surface area contributed by atoms with Gasteiger partial charge in [0, 0.05) is 12.7 Å². The van der Waals surface area contributed by atoms with Gasteiger partial charge in [0.25, 0.3) is 0 Å². The first-order valence-electron chi connectivity index (χ1n) is 3.93. The van der Waals surface area contributed by atoms with E-state index < -0.39 is 0 Å². The van der Waals surface area contributed by atoms with Gasteiger partial charge >= 0.3 is 0 Å². The van der Waals surface area contributed by atoms with E-state index in [2.05, 4.69) is 15.3 Å². The van der Waals surface area contributed by atoms with Crippen LogP contribution in [0.25, 0.3) is 5.82 Å². The number of hydrogen-bond donors (Lipinski definition) is 1. The number of rotatable bonds is 2. The Morgan fingerprint density at radius 1 is 1.38 bits per heavy atom. The minimum absolute atomic E-state index is 0.396. The van der Waals surface area contributed by atoms with Crippen molar-refractivity contribution in [1.29, 1.82) is 0 Å². The molecule has 0 amide bonds. The summed E-state index contributed by atoms with van der Waals surface area (Å²) in [6.07, 6.45) is 3.47. The van der Waals surface area contributed by atoms with Crippen molar-refractivity contribution in [2.24, 2.45) is 5.73 Å². The van der Waals surface area contributed by atoms with Crippen LogP contribution in [0.5, 0.6) is 0 Å². The summed E-state index contributed by atoms with van der Waals surface area (Å²) in [4.78, 5) is 4.12. The van der Waals surface area contributed by atoms with Crippen LogP contribution in [-0.2, 0) is 6.54 Å². The lowest BCUT2D eigenvalue weighted by Gasteiger charge is -1.95. The Bertz CT molecular complexity index is 380. The number of aromatic nitrogens is 4. The molecular weight excluding hydrogens is 166 g/mol. The van der Waals surface area contributed by atoms with Crippen LogP contribution >= 0.6 is 0 Å². The highest BCUT2D eigenvalue weighted by atomic mass is 15.4. The lowest BCUT2D eigenvalue weighted by Crippen LogP contribution is -1.97. The summed E-state index contributed by atoms with van der Waals surface area (Å²) < 4.78 is 1.60. The second-order valence-corrected chi connectivity index (χ2v) is 2.55. The molecule has 2 N–H and O–H groups in total. The summed E-state index contributed by atoms with van der Waals surface area (Å²) in [5, 5.41) is 7.74. The van der Waals surface area contributed by atoms with E-state index in [0.29, 0.717) is 6.54 Å². The van der Waals surface area contributed by atoms with E-state index in [0.717, 1.165) is 11.5 Å². The van der Waals surface area contributed by atoms with Crippen molar-refractivity contribution >= 4 is 0 Å². The average Bonchev–Trinajstić information content (AvgIpc) is 2.67. The highest BCUT2D eigenvalue weighted by Gasteiger charge is 2.00. The molecule has 5 nitrogen and oxygen atoms in total. The van der Waals surface area contributed by atoms with E-state index in [-0.39, 0.29) is 0 Å². The van der Waals surface area contributed by atoms with Crippen molar-refractivity contribution in [1.82, 2.24) is 20.0 Å². The zero-order valence-corrected chi connectivity index (χ0v) is 6.96. The summed E-state index contributed by atoms with van der Waals surface area (Å²) >= 11 is 0. The zero-order chi connectivity index (χ0) is 9.10. The Morgan fingerprint density at radius 2 is 2.31 bits per heavy atom.